The predicted molar refractivity (Wildman–Crippen MR) is 71.6 cm³/mol. The molecule has 2 heterocycles. The molecule has 1 aliphatic rings. The van der Waals surface area contributed by atoms with E-state index >= 15 is 0 Å². The molecule has 0 saturated heterocycles. The third-order valence-electron chi connectivity index (χ3n) is 3.42. The minimum atomic E-state index is -4.50. The highest BCUT2D eigenvalue weighted by Crippen LogP contribution is 2.40. The molecule has 3 nitrogen and oxygen atoms in total. The Morgan fingerprint density at radius 2 is 2.00 bits per heavy atom. The summed E-state index contributed by atoms with van der Waals surface area (Å²) in [4.78, 5) is 15.2. The number of hydrogen-bond donors (Lipinski definition) is 1. The van der Waals surface area contributed by atoms with E-state index in [2.05, 4.69) is 10.3 Å². The molecule has 1 amide bonds. The van der Waals surface area contributed by atoms with Gasteiger partial charge in [-0.25, -0.2) is 0 Å². The van der Waals surface area contributed by atoms with Gasteiger partial charge in [-0.05, 0) is 35.7 Å². The van der Waals surface area contributed by atoms with Crippen LogP contribution in [0.4, 0.5) is 18.9 Å². The monoisotopic (exact) mass is 292 g/mol. The van der Waals surface area contributed by atoms with Gasteiger partial charge in [0.05, 0.1) is 5.56 Å². The minimum absolute atomic E-state index is 0.0884. The number of amides is 1. The van der Waals surface area contributed by atoms with Crippen LogP contribution in [-0.2, 0) is 17.4 Å². The van der Waals surface area contributed by atoms with Gasteiger partial charge in [0, 0.05) is 30.1 Å². The molecule has 0 saturated carbocycles. The first-order valence-corrected chi connectivity index (χ1v) is 6.39. The van der Waals surface area contributed by atoms with Gasteiger partial charge in [0.15, 0.2) is 0 Å². The molecular formula is C15H11F3N2O. The summed E-state index contributed by atoms with van der Waals surface area (Å²) in [7, 11) is 0. The van der Waals surface area contributed by atoms with Crippen molar-refractivity contribution in [2.45, 2.75) is 19.0 Å². The summed E-state index contributed by atoms with van der Waals surface area (Å²) >= 11 is 0. The number of rotatable bonds is 1. The second-order valence-electron chi connectivity index (χ2n) is 4.84. The van der Waals surface area contributed by atoms with Crippen LogP contribution >= 0.6 is 0 Å². The SMILES string of the molecule is O=C1CCc2cc(-c3cccnc3)c(C(F)(F)F)cc2N1. The molecule has 21 heavy (non-hydrogen) atoms. The van der Waals surface area contributed by atoms with Crippen molar-refractivity contribution in [2.75, 3.05) is 5.32 Å². The molecule has 0 unspecified atom stereocenters. The third kappa shape index (κ3) is 2.61. The second-order valence-corrected chi connectivity index (χ2v) is 4.84. The van der Waals surface area contributed by atoms with Crippen molar-refractivity contribution in [3.05, 3.63) is 47.8 Å². The van der Waals surface area contributed by atoms with Gasteiger partial charge in [0.25, 0.3) is 0 Å². The van der Waals surface area contributed by atoms with E-state index < -0.39 is 11.7 Å². The van der Waals surface area contributed by atoms with Crippen molar-refractivity contribution in [3.63, 3.8) is 0 Å². The molecule has 1 aromatic heterocycles. The Kier molecular flexibility index (Phi) is 3.16. The van der Waals surface area contributed by atoms with Crippen LogP contribution in [0.25, 0.3) is 11.1 Å². The number of benzene rings is 1. The van der Waals surface area contributed by atoms with Crippen molar-refractivity contribution < 1.29 is 18.0 Å². The highest BCUT2D eigenvalue weighted by molar-refractivity contribution is 5.94. The zero-order valence-electron chi connectivity index (χ0n) is 10.9. The number of anilines is 1. The number of halogens is 3. The molecule has 0 bridgehead atoms. The van der Waals surface area contributed by atoms with E-state index in [1.807, 2.05) is 0 Å². The number of hydrogen-bond acceptors (Lipinski definition) is 2. The summed E-state index contributed by atoms with van der Waals surface area (Å²) in [5.74, 6) is -0.259. The summed E-state index contributed by atoms with van der Waals surface area (Å²) in [6, 6.07) is 5.69. The summed E-state index contributed by atoms with van der Waals surface area (Å²) in [6.45, 7) is 0. The Balaban J connectivity index is 2.21. The van der Waals surface area contributed by atoms with E-state index in [0.717, 1.165) is 6.07 Å². The molecule has 108 valence electrons. The number of fused-ring (bicyclic) bond motifs is 1. The van der Waals surface area contributed by atoms with Gasteiger partial charge >= 0.3 is 6.18 Å². The minimum Gasteiger partial charge on any atom is -0.326 e. The molecule has 1 N–H and O–H groups in total. The maximum Gasteiger partial charge on any atom is 0.417 e. The molecule has 0 aliphatic carbocycles. The van der Waals surface area contributed by atoms with E-state index in [9.17, 15) is 18.0 Å². The lowest BCUT2D eigenvalue weighted by Crippen LogP contribution is -2.20. The molecule has 0 fully saturated rings. The molecule has 2 aromatic rings. The number of alkyl halides is 3. The van der Waals surface area contributed by atoms with Crippen molar-refractivity contribution in [2.24, 2.45) is 0 Å². The molecule has 3 rings (SSSR count). The topological polar surface area (TPSA) is 42.0 Å². The Labute approximate surface area is 118 Å². The average molecular weight is 292 g/mol. The predicted octanol–water partition coefficient (Wildman–Crippen LogP) is 3.65. The fraction of sp³-hybridized carbons (Fsp3) is 0.200. The van der Waals surface area contributed by atoms with Crippen molar-refractivity contribution in [1.82, 2.24) is 4.98 Å². The van der Waals surface area contributed by atoms with Crippen molar-refractivity contribution in [3.8, 4) is 11.1 Å². The fourth-order valence-corrected chi connectivity index (χ4v) is 2.42. The van der Waals surface area contributed by atoms with Gasteiger partial charge in [0.1, 0.15) is 0 Å². The third-order valence-corrected chi connectivity index (χ3v) is 3.42. The fourth-order valence-electron chi connectivity index (χ4n) is 2.42. The second kappa shape index (κ2) is 4.87. The largest absolute Gasteiger partial charge is 0.417 e. The zero-order chi connectivity index (χ0) is 15.0. The van der Waals surface area contributed by atoms with E-state index in [1.165, 1.54) is 18.5 Å². The molecule has 0 spiro atoms. The maximum absolute atomic E-state index is 13.3. The Morgan fingerprint density at radius 1 is 1.19 bits per heavy atom. The van der Waals surface area contributed by atoms with Gasteiger partial charge in [-0.1, -0.05) is 6.07 Å². The van der Waals surface area contributed by atoms with E-state index in [0.29, 0.717) is 17.5 Å². The summed E-state index contributed by atoms with van der Waals surface area (Å²) in [5.41, 5.74) is 0.680. The molecule has 0 radical (unpaired) electrons. The lowest BCUT2D eigenvalue weighted by atomic mass is 9.93. The summed E-state index contributed by atoms with van der Waals surface area (Å²) in [5, 5.41) is 2.50. The van der Waals surface area contributed by atoms with Crippen LogP contribution in [0.3, 0.4) is 0 Å². The summed E-state index contributed by atoms with van der Waals surface area (Å²) < 4.78 is 39.8. The molecular weight excluding hydrogens is 281 g/mol. The number of carbonyl (C=O) groups is 1. The quantitative estimate of drug-likeness (QED) is 0.871. The molecule has 0 atom stereocenters. The first-order chi connectivity index (χ1) is 9.95. The molecule has 6 heteroatoms. The normalized spacial score (nSPS) is 14.5. The van der Waals surface area contributed by atoms with E-state index in [4.69, 9.17) is 0 Å². The molecule has 1 aromatic carbocycles. The highest BCUT2D eigenvalue weighted by atomic mass is 19.4. The van der Waals surface area contributed by atoms with Gasteiger partial charge in [0.2, 0.25) is 5.91 Å². The zero-order valence-corrected chi connectivity index (χ0v) is 10.9. The van der Waals surface area contributed by atoms with Gasteiger partial charge in [-0.3, -0.25) is 9.78 Å². The average Bonchev–Trinajstić information content (AvgIpc) is 2.46. The number of aryl methyl sites for hydroxylation is 1. The first kappa shape index (κ1) is 13.6. The standard InChI is InChI=1S/C15H11F3N2O/c16-15(17,18)12-7-13-9(3-4-14(21)20-13)6-11(12)10-2-1-5-19-8-10/h1-2,5-8H,3-4H2,(H,20,21). The Bertz CT molecular complexity index is 696. The van der Waals surface area contributed by atoms with Gasteiger partial charge in [-0.15, -0.1) is 0 Å². The number of aromatic nitrogens is 1. The van der Waals surface area contributed by atoms with Crippen LogP contribution in [-0.4, -0.2) is 10.9 Å². The number of pyridine rings is 1. The number of nitrogens with one attached hydrogen (secondary N) is 1. The number of nitrogens with zero attached hydrogens (tertiary/aromatic N) is 1. The lowest BCUT2D eigenvalue weighted by molar-refractivity contribution is -0.137. The Morgan fingerprint density at radius 3 is 2.67 bits per heavy atom. The van der Waals surface area contributed by atoms with Crippen LogP contribution in [0.15, 0.2) is 36.7 Å². The summed E-state index contributed by atoms with van der Waals surface area (Å²) in [6.07, 6.45) is -0.868. The van der Waals surface area contributed by atoms with Gasteiger partial charge < -0.3 is 5.32 Å². The van der Waals surface area contributed by atoms with Crippen molar-refractivity contribution in [1.29, 1.82) is 0 Å². The van der Waals surface area contributed by atoms with Gasteiger partial charge in [-0.2, -0.15) is 13.2 Å². The Hall–Kier alpha value is -2.37. The molecule has 1 aliphatic heterocycles. The van der Waals surface area contributed by atoms with Crippen LogP contribution < -0.4 is 5.32 Å². The van der Waals surface area contributed by atoms with Crippen LogP contribution in [0.2, 0.25) is 0 Å². The van der Waals surface area contributed by atoms with E-state index in [-0.39, 0.29) is 23.6 Å². The van der Waals surface area contributed by atoms with Crippen LogP contribution in [0, 0.1) is 0 Å². The van der Waals surface area contributed by atoms with Crippen molar-refractivity contribution >= 4 is 11.6 Å². The number of carbonyl (C=O) groups excluding carboxylic acids is 1. The van der Waals surface area contributed by atoms with Crippen LogP contribution in [0.1, 0.15) is 17.5 Å². The van der Waals surface area contributed by atoms with Crippen LogP contribution in [0.5, 0.6) is 0 Å². The highest BCUT2D eigenvalue weighted by Gasteiger charge is 2.35. The maximum atomic E-state index is 13.3. The smallest absolute Gasteiger partial charge is 0.326 e. The lowest BCUT2D eigenvalue weighted by Gasteiger charge is -2.21. The van der Waals surface area contributed by atoms with E-state index in [1.54, 1.807) is 12.1 Å². The first-order valence-electron chi connectivity index (χ1n) is 6.39.